The molecule has 0 radical (unpaired) electrons. The van der Waals surface area contributed by atoms with Gasteiger partial charge in [-0.3, -0.25) is 0 Å². The zero-order valence-electron chi connectivity index (χ0n) is 11.4. The standard InChI is InChI=1S/C16H24N2/c1-12-9-13(7-8-17)5-6-16(12)18-10-14-3-2-4-15(14)11-18/h5-6,9,14-15H,2-4,7-8,10-11,17H2,1H3. The number of hydrogen-bond acceptors (Lipinski definition) is 2. The van der Waals surface area contributed by atoms with Crippen LogP contribution in [0.3, 0.4) is 0 Å². The average Bonchev–Trinajstić information content (AvgIpc) is 2.89. The predicted molar refractivity (Wildman–Crippen MR) is 77.0 cm³/mol. The van der Waals surface area contributed by atoms with Crippen LogP contribution in [0.2, 0.25) is 0 Å². The van der Waals surface area contributed by atoms with Crippen LogP contribution in [0.25, 0.3) is 0 Å². The maximum atomic E-state index is 5.62. The van der Waals surface area contributed by atoms with Gasteiger partial charge in [-0.1, -0.05) is 18.6 Å². The Labute approximate surface area is 110 Å². The number of hydrogen-bond donors (Lipinski definition) is 1. The van der Waals surface area contributed by atoms with Gasteiger partial charge >= 0.3 is 0 Å². The smallest absolute Gasteiger partial charge is 0.0396 e. The molecule has 98 valence electrons. The van der Waals surface area contributed by atoms with Crippen LogP contribution in [0.5, 0.6) is 0 Å². The first-order chi connectivity index (χ1) is 8.78. The van der Waals surface area contributed by atoms with Crippen molar-refractivity contribution in [2.75, 3.05) is 24.5 Å². The molecule has 1 saturated heterocycles. The van der Waals surface area contributed by atoms with Crippen LogP contribution in [-0.2, 0) is 6.42 Å². The van der Waals surface area contributed by atoms with Crippen molar-refractivity contribution in [2.24, 2.45) is 17.6 Å². The third kappa shape index (κ3) is 2.14. The summed E-state index contributed by atoms with van der Waals surface area (Å²) in [4.78, 5) is 2.61. The molecule has 0 aromatic heterocycles. The fourth-order valence-corrected chi connectivity index (χ4v) is 3.83. The number of nitrogens with two attached hydrogens (primary N) is 1. The predicted octanol–water partition coefficient (Wildman–Crippen LogP) is 2.73. The van der Waals surface area contributed by atoms with Crippen molar-refractivity contribution in [1.29, 1.82) is 0 Å². The summed E-state index contributed by atoms with van der Waals surface area (Å²) in [5, 5.41) is 0. The topological polar surface area (TPSA) is 29.3 Å². The number of nitrogens with zero attached hydrogens (tertiary/aromatic N) is 1. The fraction of sp³-hybridized carbons (Fsp3) is 0.625. The number of anilines is 1. The molecule has 1 heterocycles. The van der Waals surface area contributed by atoms with Gasteiger partial charge in [0.05, 0.1) is 0 Å². The summed E-state index contributed by atoms with van der Waals surface area (Å²) < 4.78 is 0. The SMILES string of the molecule is Cc1cc(CCN)ccc1N1CC2CCCC2C1. The number of benzene rings is 1. The Hall–Kier alpha value is -1.02. The van der Waals surface area contributed by atoms with Gasteiger partial charge in [0.25, 0.3) is 0 Å². The monoisotopic (exact) mass is 244 g/mol. The fourth-order valence-electron chi connectivity index (χ4n) is 3.83. The normalized spacial score (nSPS) is 26.7. The van der Waals surface area contributed by atoms with E-state index >= 15 is 0 Å². The van der Waals surface area contributed by atoms with E-state index in [2.05, 4.69) is 30.0 Å². The average molecular weight is 244 g/mol. The molecule has 2 fully saturated rings. The highest BCUT2D eigenvalue weighted by molar-refractivity contribution is 5.55. The van der Waals surface area contributed by atoms with E-state index in [-0.39, 0.29) is 0 Å². The van der Waals surface area contributed by atoms with E-state index in [4.69, 9.17) is 5.73 Å². The van der Waals surface area contributed by atoms with Crippen molar-refractivity contribution in [3.05, 3.63) is 29.3 Å². The minimum atomic E-state index is 0.743. The molecule has 2 N–H and O–H groups in total. The Morgan fingerprint density at radius 3 is 2.56 bits per heavy atom. The lowest BCUT2D eigenvalue weighted by molar-refractivity contribution is 0.494. The van der Waals surface area contributed by atoms with Gasteiger partial charge in [-0.25, -0.2) is 0 Å². The summed E-state index contributed by atoms with van der Waals surface area (Å²) in [6.45, 7) is 5.54. The second kappa shape index (κ2) is 4.93. The molecule has 1 aromatic rings. The Kier molecular flexibility index (Phi) is 3.29. The lowest BCUT2D eigenvalue weighted by Gasteiger charge is -2.22. The second-order valence-electron chi connectivity index (χ2n) is 6.02. The molecule has 1 aromatic carbocycles. The minimum Gasteiger partial charge on any atom is -0.371 e. The van der Waals surface area contributed by atoms with Crippen LogP contribution in [0.4, 0.5) is 5.69 Å². The van der Waals surface area contributed by atoms with Gasteiger partial charge in [-0.15, -0.1) is 0 Å². The minimum absolute atomic E-state index is 0.743. The summed E-state index contributed by atoms with van der Waals surface area (Å²) in [5.74, 6) is 1.93. The number of aryl methyl sites for hydroxylation is 1. The van der Waals surface area contributed by atoms with Crippen LogP contribution >= 0.6 is 0 Å². The summed E-state index contributed by atoms with van der Waals surface area (Å²) >= 11 is 0. The van der Waals surface area contributed by atoms with Gasteiger partial charge in [-0.05, 0) is 61.8 Å². The molecule has 1 aliphatic heterocycles. The number of rotatable bonds is 3. The maximum Gasteiger partial charge on any atom is 0.0396 e. The highest BCUT2D eigenvalue weighted by atomic mass is 15.2. The molecule has 18 heavy (non-hydrogen) atoms. The molecule has 3 rings (SSSR count). The third-order valence-corrected chi connectivity index (χ3v) is 4.76. The molecule has 1 aliphatic carbocycles. The van der Waals surface area contributed by atoms with Crippen LogP contribution < -0.4 is 10.6 Å². The summed E-state index contributed by atoms with van der Waals surface area (Å²) in [5.41, 5.74) is 9.86. The molecule has 2 aliphatic rings. The summed E-state index contributed by atoms with van der Waals surface area (Å²) in [6.07, 6.45) is 5.35. The van der Waals surface area contributed by atoms with Gasteiger partial charge in [0.2, 0.25) is 0 Å². The van der Waals surface area contributed by atoms with Gasteiger partial charge in [0, 0.05) is 18.8 Å². The highest BCUT2D eigenvalue weighted by Gasteiger charge is 2.36. The summed E-state index contributed by atoms with van der Waals surface area (Å²) in [6, 6.07) is 6.88. The Balaban J connectivity index is 1.76. The van der Waals surface area contributed by atoms with Crippen molar-refractivity contribution in [3.63, 3.8) is 0 Å². The zero-order chi connectivity index (χ0) is 12.5. The Morgan fingerprint density at radius 2 is 1.94 bits per heavy atom. The van der Waals surface area contributed by atoms with Crippen molar-refractivity contribution in [3.8, 4) is 0 Å². The van der Waals surface area contributed by atoms with Gasteiger partial charge in [0.1, 0.15) is 0 Å². The molecule has 1 saturated carbocycles. The van der Waals surface area contributed by atoms with E-state index in [0.717, 1.165) is 24.8 Å². The van der Waals surface area contributed by atoms with Crippen molar-refractivity contribution in [2.45, 2.75) is 32.6 Å². The molecule has 0 spiro atoms. The van der Waals surface area contributed by atoms with E-state index in [9.17, 15) is 0 Å². The molecule has 2 heteroatoms. The van der Waals surface area contributed by atoms with Gasteiger partial charge in [-0.2, -0.15) is 0 Å². The molecule has 2 atom stereocenters. The highest BCUT2D eigenvalue weighted by Crippen LogP contribution is 2.40. The molecule has 0 amide bonds. The van der Waals surface area contributed by atoms with Crippen molar-refractivity contribution >= 4 is 5.69 Å². The Bertz CT molecular complexity index is 415. The zero-order valence-corrected chi connectivity index (χ0v) is 11.4. The van der Waals surface area contributed by atoms with E-state index < -0.39 is 0 Å². The first-order valence-corrected chi connectivity index (χ1v) is 7.32. The Morgan fingerprint density at radius 1 is 1.22 bits per heavy atom. The van der Waals surface area contributed by atoms with E-state index in [0.29, 0.717) is 0 Å². The largest absolute Gasteiger partial charge is 0.371 e. The van der Waals surface area contributed by atoms with Crippen molar-refractivity contribution in [1.82, 2.24) is 0 Å². The first-order valence-electron chi connectivity index (χ1n) is 7.32. The van der Waals surface area contributed by atoms with Gasteiger partial charge in [0.15, 0.2) is 0 Å². The lowest BCUT2D eigenvalue weighted by Crippen LogP contribution is -2.21. The molecular formula is C16H24N2. The van der Waals surface area contributed by atoms with E-state index in [1.807, 2.05) is 0 Å². The van der Waals surface area contributed by atoms with E-state index in [1.54, 1.807) is 0 Å². The van der Waals surface area contributed by atoms with Crippen LogP contribution in [0.15, 0.2) is 18.2 Å². The molecule has 2 unspecified atom stereocenters. The molecule has 0 bridgehead atoms. The third-order valence-electron chi connectivity index (χ3n) is 4.76. The van der Waals surface area contributed by atoms with E-state index in [1.165, 1.54) is 49.2 Å². The first kappa shape index (κ1) is 12.0. The van der Waals surface area contributed by atoms with Gasteiger partial charge < -0.3 is 10.6 Å². The second-order valence-corrected chi connectivity index (χ2v) is 6.02. The van der Waals surface area contributed by atoms with Crippen LogP contribution in [-0.4, -0.2) is 19.6 Å². The maximum absolute atomic E-state index is 5.62. The lowest BCUT2D eigenvalue weighted by atomic mass is 10.0. The molecular weight excluding hydrogens is 220 g/mol. The number of fused-ring (bicyclic) bond motifs is 1. The van der Waals surface area contributed by atoms with Crippen LogP contribution in [0.1, 0.15) is 30.4 Å². The summed E-state index contributed by atoms with van der Waals surface area (Å²) in [7, 11) is 0. The van der Waals surface area contributed by atoms with Crippen LogP contribution in [0, 0.1) is 18.8 Å². The van der Waals surface area contributed by atoms with Crippen molar-refractivity contribution < 1.29 is 0 Å². The molecule has 2 nitrogen and oxygen atoms in total. The quantitative estimate of drug-likeness (QED) is 0.886.